The standard InChI is InChI=1S/C20H33N3O2.HI/c1-3-21-20(22-14-6-16-25-19-7-4-5-8-19)23-15-13-17-9-11-18(24-2)12-10-17;/h9-12,19H,3-8,13-16H2,1-2H3,(H2,21,22,23);1H. The highest BCUT2D eigenvalue weighted by Gasteiger charge is 2.14. The van der Waals surface area contributed by atoms with Crippen LogP contribution in [-0.4, -0.2) is 45.4 Å². The fraction of sp³-hybridized carbons (Fsp3) is 0.650. The van der Waals surface area contributed by atoms with Crippen molar-refractivity contribution in [3.63, 3.8) is 0 Å². The molecule has 0 atom stereocenters. The number of halogens is 1. The number of guanidine groups is 1. The molecular weight excluding hydrogens is 441 g/mol. The summed E-state index contributed by atoms with van der Waals surface area (Å²) in [5, 5.41) is 6.69. The first kappa shape index (κ1) is 23.0. The summed E-state index contributed by atoms with van der Waals surface area (Å²) in [6, 6.07) is 8.20. The number of ether oxygens (including phenoxy) is 2. The number of aliphatic imine (C=N–C) groups is 1. The van der Waals surface area contributed by atoms with E-state index in [1.807, 2.05) is 12.1 Å². The summed E-state index contributed by atoms with van der Waals surface area (Å²) in [6.07, 6.45) is 7.55. The van der Waals surface area contributed by atoms with Crippen molar-refractivity contribution in [1.29, 1.82) is 0 Å². The van der Waals surface area contributed by atoms with Gasteiger partial charge in [-0.1, -0.05) is 25.0 Å². The third-order valence-corrected chi connectivity index (χ3v) is 4.44. The lowest BCUT2D eigenvalue weighted by molar-refractivity contribution is 0.0579. The third kappa shape index (κ3) is 9.07. The monoisotopic (exact) mass is 475 g/mol. The van der Waals surface area contributed by atoms with Gasteiger partial charge in [-0.25, -0.2) is 0 Å². The summed E-state index contributed by atoms with van der Waals surface area (Å²) in [5.41, 5.74) is 1.29. The van der Waals surface area contributed by atoms with Crippen molar-refractivity contribution in [2.24, 2.45) is 4.99 Å². The Bertz CT molecular complexity index is 502. The van der Waals surface area contributed by atoms with E-state index in [0.717, 1.165) is 50.8 Å². The maximum Gasteiger partial charge on any atom is 0.191 e. The molecule has 1 aromatic carbocycles. The van der Waals surface area contributed by atoms with Crippen LogP contribution in [0.25, 0.3) is 0 Å². The zero-order valence-electron chi connectivity index (χ0n) is 16.1. The van der Waals surface area contributed by atoms with Gasteiger partial charge in [-0.2, -0.15) is 0 Å². The molecule has 1 saturated carbocycles. The van der Waals surface area contributed by atoms with Crippen LogP contribution in [-0.2, 0) is 11.2 Å². The molecule has 0 amide bonds. The molecule has 1 aliphatic rings. The number of methoxy groups -OCH3 is 1. The number of nitrogens with zero attached hydrogens (tertiary/aromatic N) is 1. The molecule has 6 heteroatoms. The van der Waals surface area contributed by atoms with Crippen LogP contribution >= 0.6 is 24.0 Å². The van der Waals surface area contributed by atoms with Crippen molar-refractivity contribution in [2.45, 2.75) is 51.6 Å². The van der Waals surface area contributed by atoms with Gasteiger partial charge in [-0.15, -0.1) is 24.0 Å². The van der Waals surface area contributed by atoms with Crippen LogP contribution in [0.1, 0.15) is 44.6 Å². The SMILES string of the molecule is CCNC(=NCCCOC1CCCC1)NCCc1ccc(OC)cc1.I. The van der Waals surface area contributed by atoms with E-state index in [9.17, 15) is 0 Å². The Morgan fingerprint density at radius 2 is 1.88 bits per heavy atom. The van der Waals surface area contributed by atoms with Crippen LogP contribution in [0.3, 0.4) is 0 Å². The number of hydrogen-bond donors (Lipinski definition) is 2. The van der Waals surface area contributed by atoms with Gasteiger partial charge in [0.1, 0.15) is 5.75 Å². The van der Waals surface area contributed by atoms with Gasteiger partial charge in [0.05, 0.1) is 13.2 Å². The van der Waals surface area contributed by atoms with Crippen molar-refractivity contribution < 1.29 is 9.47 Å². The molecule has 5 nitrogen and oxygen atoms in total. The molecule has 0 aromatic heterocycles. The Labute approximate surface area is 175 Å². The third-order valence-electron chi connectivity index (χ3n) is 4.44. The minimum Gasteiger partial charge on any atom is -0.497 e. The van der Waals surface area contributed by atoms with Crippen LogP contribution in [0.5, 0.6) is 5.75 Å². The minimum absolute atomic E-state index is 0. The molecule has 1 aliphatic carbocycles. The van der Waals surface area contributed by atoms with Crippen LogP contribution in [0, 0.1) is 0 Å². The minimum atomic E-state index is 0. The fourth-order valence-corrected chi connectivity index (χ4v) is 3.02. The van der Waals surface area contributed by atoms with Gasteiger partial charge in [-0.05, 0) is 50.3 Å². The van der Waals surface area contributed by atoms with Crippen LogP contribution < -0.4 is 15.4 Å². The lowest BCUT2D eigenvalue weighted by atomic mass is 10.1. The average Bonchev–Trinajstić information content (AvgIpc) is 3.15. The Balaban J connectivity index is 0.00000338. The second kappa shape index (κ2) is 14.1. The molecule has 0 saturated heterocycles. The largest absolute Gasteiger partial charge is 0.497 e. The van der Waals surface area contributed by atoms with Crippen molar-refractivity contribution in [2.75, 3.05) is 33.4 Å². The van der Waals surface area contributed by atoms with Gasteiger partial charge in [0.2, 0.25) is 0 Å². The molecule has 0 bridgehead atoms. The molecule has 1 aromatic rings. The van der Waals surface area contributed by atoms with E-state index in [2.05, 4.69) is 34.7 Å². The lowest BCUT2D eigenvalue weighted by Gasteiger charge is -2.12. The zero-order valence-corrected chi connectivity index (χ0v) is 18.5. The van der Waals surface area contributed by atoms with Crippen molar-refractivity contribution in [3.8, 4) is 5.75 Å². The maximum absolute atomic E-state index is 5.88. The summed E-state index contributed by atoms with van der Waals surface area (Å²) >= 11 is 0. The zero-order chi connectivity index (χ0) is 17.7. The highest BCUT2D eigenvalue weighted by Crippen LogP contribution is 2.20. The molecule has 148 valence electrons. The van der Waals surface area contributed by atoms with Crippen molar-refractivity contribution in [3.05, 3.63) is 29.8 Å². The number of hydrogen-bond acceptors (Lipinski definition) is 3. The van der Waals surface area contributed by atoms with Crippen LogP contribution in [0.2, 0.25) is 0 Å². The normalized spacial score (nSPS) is 14.8. The Kier molecular flexibility index (Phi) is 12.5. The molecule has 2 N–H and O–H groups in total. The van der Waals surface area contributed by atoms with Crippen molar-refractivity contribution >= 4 is 29.9 Å². The molecule has 0 aliphatic heterocycles. The van der Waals surface area contributed by atoms with Gasteiger partial charge in [0, 0.05) is 26.2 Å². The van der Waals surface area contributed by atoms with E-state index in [1.165, 1.54) is 31.2 Å². The predicted octanol–water partition coefficient (Wildman–Crippen LogP) is 3.76. The van der Waals surface area contributed by atoms with Gasteiger partial charge in [0.25, 0.3) is 0 Å². The Hall–Kier alpha value is -1.02. The predicted molar refractivity (Wildman–Crippen MR) is 119 cm³/mol. The summed E-state index contributed by atoms with van der Waals surface area (Å²) in [5.74, 6) is 1.78. The van der Waals surface area contributed by atoms with E-state index in [1.54, 1.807) is 7.11 Å². The van der Waals surface area contributed by atoms with Gasteiger partial charge in [0.15, 0.2) is 5.96 Å². The van der Waals surface area contributed by atoms with Gasteiger partial charge < -0.3 is 20.1 Å². The van der Waals surface area contributed by atoms with Gasteiger partial charge >= 0.3 is 0 Å². The first-order chi connectivity index (χ1) is 12.3. The maximum atomic E-state index is 5.88. The van der Waals surface area contributed by atoms with E-state index in [-0.39, 0.29) is 24.0 Å². The summed E-state index contributed by atoms with van der Waals surface area (Å²) in [6.45, 7) is 5.43. The van der Waals surface area contributed by atoms with Crippen LogP contribution in [0.15, 0.2) is 29.3 Å². The second-order valence-corrected chi connectivity index (χ2v) is 6.42. The highest BCUT2D eigenvalue weighted by molar-refractivity contribution is 14.0. The molecule has 0 radical (unpaired) electrons. The van der Waals surface area contributed by atoms with Gasteiger partial charge in [-0.3, -0.25) is 4.99 Å². The van der Waals surface area contributed by atoms with E-state index in [4.69, 9.17) is 9.47 Å². The topological polar surface area (TPSA) is 54.9 Å². The molecule has 2 rings (SSSR count). The molecule has 0 spiro atoms. The first-order valence-electron chi connectivity index (χ1n) is 9.58. The summed E-state index contributed by atoms with van der Waals surface area (Å²) in [4.78, 5) is 4.63. The van der Waals surface area contributed by atoms with Crippen LogP contribution in [0.4, 0.5) is 0 Å². The second-order valence-electron chi connectivity index (χ2n) is 6.42. The quantitative estimate of drug-likeness (QED) is 0.234. The average molecular weight is 475 g/mol. The molecule has 1 fully saturated rings. The number of benzene rings is 1. The first-order valence-corrected chi connectivity index (χ1v) is 9.58. The molecule has 0 heterocycles. The highest BCUT2D eigenvalue weighted by atomic mass is 127. The Morgan fingerprint density at radius 3 is 2.54 bits per heavy atom. The number of nitrogens with one attached hydrogen (secondary N) is 2. The molecular formula is C20H34IN3O2. The van der Waals surface area contributed by atoms with E-state index < -0.39 is 0 Å². The van der Waals surface area contributed by atoms with E-state index >= 15 is 0 Å². The van der Waals surface area contributed by atoms with Crippen molar-refractivity contribution in [1.82, 2.24) is 10.6 Å². The summed E-state index contributed by atoms with van der Waals surface area (Å²) in [7, 11) is 1.69. The fourth-order valence-electron chi connectivity index (χ4n) is 3.02. The summed E-state index contributed by atoms with van der Waals surface area (Å²) < 4.78 is 11.1. The molecule has 0 unspecified atom stereocenters. The smallest absolute Gasteiger partial charge is 0.191 e. The number of rotatable bonds is 10. The van der Waals surface area contributed by atoms with E-state index in [0.29, 0.717) is 6.10 Å². The molecule has 26 heavy (non-hydrogen) atoms. The lowest BCUT2D eigenvalue weighted by Crippen LogP contribution is -2.38. The Morgan fingerprint density at radius 1 is 1.15 bits per heavy atom.